The van der Waals surface area contributed by atoms with Gasteiger partial charge in [0.1, 0.15) is 5.78 Å². The first kappa shape index (κ1) is 28.1. The van der Waals surface area contributed by atoms with Crippen molar-refractivity contribution in [2.24, 2.45) is 45.8 Å². The molecule has 0 radical (unpaired) electrons. The van der Waals surface area contributed by atoms with Gasteiger partial charge in [-0.2, -0.15) is 0 Å². The van der Waals surface area contributed by atoms with Gasteiger partial charge in [-0.05, 0) is 90.8 Å². The molecule has 0 unspecified atom stereocenters. The molecule has 0 aliphatic heterocycles. The molecule has 0 aromatic carbocycles. The summed E-state index contributed by atoms with van der Waals surface area (Å²) in [6, 6.07) is 0. The van der Waals surface area contributed by atoms with Crippen molar-refractivity contribution in [3.05, 3.63) is 0 Å². The minimum absolute atomic E-state index is 0.112. The van der Waals surface area contributed by atoms with E-state index in [9.17, 15) is 14.7 Å². The van der Waals surface area contributed by atoms with E-state index >= 15 is 0 Å². The molecule has 0 spiro atoms. The van der Waals surface area contributed by atoms with Gasteiger partial charge in [-0.3, -0.25) is 9.59 Å². The molecule has 4 aliphatic rings. The predicted octanol–water partition coefficient (Wildman–Crippen LogP) is 7.08. The molecule has 4 saturated carbocycles. The molecule has 1 amide bonds. The monoisotopic (exact) mass is 501 g/mol. The number of aliphatic hydroxyl groups is 1. The molecule has 8 atom stereocenters. The number of hydrogen-bond donors (Lipinski definition) is 2. The lowest BCUT2D eigenvalue weighted by molar-refractivity contribution is -0.156. The minimum Gasteiger partial charge on any atom is -0.393 e. The Hall–Kier alpha value is -0.900. The van der Waals surface area contributed by atoms with E-state index in [2.05, 4.69) is 39.9 Å². The van der Waals surface area contributed by atoms with Crippen LogP contribution in [-0.4, -0.2) is 29.4 Å². The number of rotatable bonds is 9. The van der Waals surface area contributed by atoms with Crippen molar-refractivity contribution in [3.8, 4) is 0 Å². The number of carbonyl (C=O) groups is 2. The normalized spacial score (nSPS) is 40.3. The van der Waals surface area contributed by atoms with E-state index in [1.165, 1.54) is 51.4 Å². The third-order valence-corrected chi connectivity index (χ3v) is 11.4. The van der Waals surface area contributed by atoms with Gasteiger partial charge in [-0.1, -0.05) is 66.7 Å². The second-order valence-electron chi connectivity index (χ2n) is 15.0. The first-order chi connectivity index (χ1) is 16.9. The Kier molecular flexibility index (Phi) is 8.64. The molecule has 0 bridgehead atoms. The van der Waals surface area contributed by atoms with Gasteiger partial charge in [0.25, 0.3) is 0 Å². The van der Waals surface area contributed by atoms with Gasteiger partial charge in [-0.15, -0.1) is 0 Å². The number of hydrogen-bond acceptors (Lipinski definition) is 3. The molecule has 206 valence electrons. The lowest BCUT2D eigenvalue weighted by atomic mass is 9.42. The molecule has 0 heterocycles. The Bertz CT molecular complexity index is 787. The van der Waals surface area contributed by atoms with Gasteiger partial charge < -0.3 is 10.4 Å². The summed E-state index contributed by atoms with van der Waals surface area (Å²) in [4.78, 5) is 24.5. The summed E-state index contributed by atoms with van der Waals surface area (Å²) in [5.41, 5.74) is 0.584. The van der Waals surface area contributed by atoms with E-state index in [-0.39, 0.29) is 22.8 Å². The third-order valence-electron chi connectivity index (χ3n) is 11.4. The highest BCUT2D eigenvalue weighted by molar-refractivity contribution is 5.79. The molecule has 4 fully saturated rings. The Morgan fingerprint density at radius 1 is 0.972 bits per heavy atom. The Morgan fingerprint density at radius 2 is 1.67 bits per heavy atom. The molecule has 36 heavy (non-hydrogen) atoms. The minimum atomic E-state index is -0.122. The van der Waals surface area contributed by atoms with Gasteiger partial charge in [0.05, 0.1) is 6.10 Å². The van der Waals surface area contributed by atoms with Crippen LogP contribution in [0.25, 0.3) is 0 Å². The highest BCUT2D eigenvalue weighted by atomic mass is 16.3. The van der Waals surface area contributed by atoms with Crippen LogP contribution in [0.4, 0.5) is 0 Å². The molecule has 2 N–H and O–H groups in total. The van der Waals surface area contributed by atoms with E-state index in [1.807, 2.05) is 0 Å². The average molecular weight is 502 g/mol. The van der Waals surface area contributed by atoms with Gasteiger partial charge in [-0.25, -0.2) is 0 Å². The zero-order chi connectivity index (χ0) is 26.1. The Morgan fingerprint density at radius 3 is 2.42 bits per heavy atom. The second kappa shape index (κ2) is 11.1. The highest BCUT2D eigenvalue weighted by Crippen LogP contribution is 2.67. The van der Waals surface area contributed by atoms with E-state index in [1.54, 1.807) is 0 Å². The topological polar surface area (TPSA) is 66.4 Å². The predicted molar refractivity (Wildman–Crippen MR) is 146 cm³/mol. The van der Waals surface area contributed by atoms with E-state index < -0.39 is 0 Å². The fourth-order valence-electron chi connectivity index (χ4n) is 9.16. The molecular weight excluding hydrogens is 446 g/mol. The number of carbonyl (C=O) groups excluding carboxylic acids is 2. The SMILES string of the molecule is CC(C)(C)CNC(=O)CCCCCCC[C@@H]1C[C@H]2CC(=O)CC[C@]2(C)[C@H]2CC[C@]3(C)[C@@H](O)CC[C@H]3[C@H]12. The van der Waals surface area contributed by atoms with Crippen LogP contribution in [0.5, 0.6) is 0 Å². The summed E-state index contributed by atoms with van der Waals surface area (Å²) in [6.07, 6.45) is 16.2. The largest absolute Gasteiger partial charge is 0.393 e. The lowest BCUT2D eigenvalue weighted by Gasteiger charge is -2.62. The molecule has 4 nitrogen and oxygen atoms in total. The summed E-state index contributed by atoms with van der Waals surface area (Å²) in [7, 11) is 0. The first-order valence-electron chi connectivity index (χ1n) is 15.4. The molecule has 0 saturated heterocycles. The lowest BCUT2D eigenvalue weighted by Crippen LogP contribution is -2.57. The third kappa shape index (κ3) is 5.89. The first-order valence-corrected chi connectivity index (χ1v) is 15.4. The number of amides is 1. The molecule has 4 heteroatoms. The van der Waals surface area contributed by atoms with Crippen molar-refractivity contribution >= 4 is 11.7 Å². The van der Waals surface area contributed by atoms with Crippen LogP contribution in [0.15, 0.2) is 0 Å². The van der Waals surface area contributed by atoms with Crippen molar-refractivity contribution < 1.29 is 14.7 Å². The van der Waals surface area contributed by atoms with Gasteiger partial charge in [0, 0.05) is 25.8 Å². The Balaban J connectivity index is 1.29. The zero-order valence-electron chi connectivity index (χ0n) is 24.0. The molecule has 0 aromatic heterocycles. The number of Topliss-reactive ketones (excluding diaryl/α,β-unsaturated/α-hetero) is 1. The Labute approximate surface area is 221 Å². The summed E-state index contributed by atoms with van der Waals surface area (Å²) in [6.45, 7) is 12.1. The summed E-state index contributed by atoms with van der Waals surface area (Å²) < 4.78 is 0. The van der Waals surface area contributed by atoms with Crippen LogP contribution in [0, 0.1) is 45.8 Å². The standard InChI is InChI=1S/C32H55NO3/c1-30(2,3)21-33-28(36)12-10-8-6-7-9-11-22-19-23-20-24(34)15-17-31(23,4)26-16-18-32(5)25(29(22)26)13-14-27(32)35/h22-23,25-27,29,35H,6-21H2,1-5H3,(H,33,36)/t22-,23+,25+,26+,27+,29+,31+,32+/m1/s1. The van der Waals surface area contributed by atoms with Crippen molar-refractivity contribution in [3.63, 3.8) is 0 Å². The molecular formula is C32H55NO3. The number of unbranched alkanes of at least 4 members (excludes halogenated alkanes) is 4. The van der Waals surface area contributed by atoms with Crippen molar-refractivity contribution in [1.82, 2.24) is 5.32 Å². The molecule has 4 aliphatic carbocycles. The fraction of sp³-hybridized carbons (Fsp3) is 0.938. The van der Waals surface area contributed by atoms with Gasteiger partial charge >= 0.3 is 0 Å². The smallest absolute Gasteiger partial charge is 0.220 e. The number of fused-ring (bicyclic) bond motifs is 5. The average Bonchev–Trinajstić information content (AvgIpc) is 3.11. The second-order valence-corrected chi connectivity index (χ2v) is 15.0. The van der Waals surface area contributed by atoms with Crippen LogP contribution < -0.4 is 5.32 Å². The molecule has 4 rings (SSSR count). The van der Waals surface area contributed by atoms with Crippen LogP contribution >= 0.6 is 0 Å². The number of aliphatic hydroxyl groups excluding tert-OH is 1. The summed E-state index contributed by atoms with van der Waals surface area (Å²) >= 11 is 0. The van der Waals surface area contributed by atoms with Crippen LogP contribution in [0.2, 0.25) is 0 Å². The maximum atomic E-state index is 12.4. The van der Waals surface area contributed by atoms with E-state index in [4.69, 9.17) is 0 Å². The molecule has 0 aromatic rings. The van der Waals surface area contributed by atoms with Crippen LogP contribution in [0.3, 0.4) is 0 Å². The van der Waals surface area contributed by atoms with E-state index in [0.29, 0.717) is 29.5 Å². The van der Waals surface area contributed by atoms with Crippen molar-refractivity contribution in [1.29, 1.82) is 0 Å². The maximum absolute atomic E-state index is 12.4. The summed E-state index contributed by atoms with van der Waals surface area (Å²) in [5.74, 6) is 4.13. The maximum Gasteiger partial charge on any atom is 0.220 e. The van der Waals surface area contributed by atoms with Gasteiger partial charge in [0.2, 0.25) is 5.91 Å². The van der Waals surface area contributed by atoms with E-state index in [0.717, 1.165) is 62.8 Å². The highest BCUT2D eigenvalue weighted by Gasteiger charge is 2.62. The number of nitrogens with one attached hydrogen (secondary N) is 1. The quantitative estimate of drug-likeness (QED) is 0.332. The number of ketones is 1. The van der Waals surface area contributed by atoms with Crippen molar-refractivity contribution in [2.75, 3.05) is 6.54 Å². The van der Waals surface area contributed by atoms with Crippen LogP contribution in [0.1, 0.15) is 131 Å². The zero-order valence-corrected chi connectivity index (χ0v) is 24.0. The summed E-state index contributed by atoms with van der Waals surface area (Å²) in [5, 5.41) is 14.0. The fourth-order valence-corrected chi connectivity index (χ4v) is 9.16. The van der Waals surface area contributed by atoms with Crippen molar-refractivity contribution in [2.45, 2.75) is 137 Å². The van der Waals surface area contributed by atoms with Gasteiger partial charge in [0.15, 0.2) is 0 Å². The van der Waals surface area contributed by atoms with Crippen LogP contribution in [-0.2, 0) is 9.59 Å².